The quantitative estimate of drug-likeness (QED) is 0.641. The molecule has 7 nitrogen and oxygen atoms in total. The Kier molecular flexibility index (Phi) is 4.70. The summed E-state index contributed by atoms with van der Waals surface area (Å²) in [6.07, 6.45) is 5.71. The van der Waals surface area contributed by atoms with Crippen molar-refractivity contribution in [2.75, 3.05) is 23.8 Å². The van der Waals surface area contributed by atoms with E-state index in [4.69, 9.17) is 9.15 Å². The third-order valence-electron chi connectivity index (χ3n) is 6.17. The topological polar surface area (TPSA) is 89.3 Å². The van der Waals surface area contributed by atoms with Crippen molar-refractivity contribution in [1.29, 1.82) is 0 Å². The van der Waals surface area contributed by atoms with Crippen molar-refractivity contribution in [3.8, 4) is 0 Å². The number of hydrogen-bond acceptors (Lipinski definition) is 6. The zero-order chi connectivity index (χ0) is 20.7. The molecule has 2 N–H and O–H groups in total. The first-order chi connectivity index (χ1) is 14.5. The maximum absolute atomic E-state index is 13.2. The number of fused-ring (bicyclic) bond motifs is 1. The molecule has 0 unspecified atom stereocenters. The molecule has 1 aliphatic carbocycles. The second kappa shape index (κ2) is 7.40. The van der Waals surface area contributed by atoms with Gasteiger partial charge in [0.2, 0.25) is 5.71 Å². The summed E-state index contributed by atoms with van der Waals surface area (Å²) in [7, 11) is 0. The van der Waals surface area contributed by atoms with Gasteiger partial charge in [0.15, 0.2) is 0 Å². The summed E-state index contributed by atoms with van der Waals surface area (Å²) >= 11 is 0. The standard InChI is InChI=1S/C23H26N4O3/c1-14-18(19-20(27-23(2)9-10-23)24-13-25-22(19)30-14)21(28)26-17-5-3-15(4-6-17)16-7-11-29-12-8-16/h3-6,13,16H,7-12H2,1-2H3,(H,26,28)(H,24,25,27). The average Bonchev–Trinajstić information content (AvgIpc) is 3.37. The van der Waals surface area contributed by atoms with Gasteiger partial charge in [-0.1, -0.05) is 12.1 Å². The minimum atomic E-state index is -0.219. The largest absolute Gasteiger partial charge is 0.442 e. The van der Waals surface area contributed by atoms with Crippen LogP contribution in [0.1, 0.15) is 60.2 Å². The molecule has 3 heterocycles. The molecule has 30 heavy (non-hydrogen) atoms. The van der Waals surface area contributed by atoms with Crippen LogP contribution in [-0.2, 0) is 4.74 Å². The second-order valence-corrected chi connectivity index (χ2v) is 8.58. The van der Waals surface area contributed by atoms with Gasteiger partial charge in [0.1, 0.15) is 17.9 Å². The second-order valence-electron chi connectivity index (χ2n) is 8.58. The lowest BCUT2D eigenvalue weighted by Gasteiger charge is -2.22. The van der Waals surface area contributed by atoms with Crippen LogP contribution in [0.2, 0.25) is 0 Å². The van der Waals surface area contributed by atoms with Crippen molar-refractivity contribution in [3.63, 3.8) is 0 Å². The van der Waals surface area contributed by atoms with Crippen LogP contribution >= 0.6 is 0 Å². The van der Waals surface area contributed by atoms with Gasteiger partial charge in [0.05, 0.1) is 10.9 Å². The lowest BCUT2D eigenvalue weighted by atomic mass is 9.92. The maximum atomic E-state index is 13.2. The normalized spacial score (nSPS) is 18.3. The van der Waals surface area contributed by atoms with Gasteiger partial charge in [0, 0.05) is 24.4 Å². The molecule has 5 rings (SSSR count). The van der Waals surface area contributed by atoms with Crippen molar-refractivity contribution in [1.82, 2.24) is 9.97 Å². The molecule has 1 aliphatic heterocycles. The van der Waals surface area contributed by atoms with Crippen LogP contribution in [0.4, 0.5) is 11.5 Å². The number of nitrogens with zero attached hydrogens (tertiary/aromatic N) is 2. The molecule has 1 saturated carbocycles. The summed E-state index contributed by atoms with van der Waals surface area (Å²) in [5.74, 6) is 1.49. The molecule has 2 aromatic heterocycles. The number of carbonyl (C=O) groups is 1. The highest BCUT2D eigenvalue weighted by Crippen LogP contribution is 2.40. The van der Waals surface area contributed by atoms with Crippen LogP contribution in [-0.4, -0.2) is 34.6 Å². The highest BCUT2D eigenvalue weighted by atomic mass is 16.5. The van der Waals surface area contributed by atoms with Crippen molar-refractivity contribution >= 4 is 28.5 Å². The van der Waals surface area contributed by atoms with Gasteiger partial charge >= 0.3 is 0 Å². The number of furan rings is 1. The molecule has 3 aromatic rings. The van der Waals surface area contributed by atoms with E-state index in [1.807, 2.05) is 12.1 Å². The summed E-state index contributed by atoms with van der Waals surface area (Å²) in [4.78, 5) is 21.8. The number of amides is 1. The third-order valence-corrected chi connectivity index (χ3v) is 6.17. The first-order valence-corrected chi connectivity index (χ1v) is 10.5. The van der Waals surface area contributed by atoms with Gasteiger partial charge in [0.25, 0.3) is 5.91 Å². The minimum Gasteiger partial charge on any atom is -0.442 e. The summed E-state index contributed by atoms with van der Waals surface area (Å²) in [6, 6.07) is 8.11. The summed E-state index contributed by atoms with van der Waals surface area (Å²) in [5, 5.41) is 7.09. The molecule has 2 fully saturated rings. The highest BCUT2D eigenvalue weighted by Gasteiger charge is 2.38. The highest BCUT2D eigenvalue weighted by molar-refractivity contribution is 6.15. The van der Waals surface area contributed by atoms with E-state index >= 15 is 0 Å². The van der Waals surface area contributed by atoms with Gasteiger partial charge < -0.3 is 19.8 Å². The number of rotatable bonds is 5. The van der Waals surface area contributed by atoms with E-state index in [0.29, 0.717) is 34.2 Å². The molecule has 0 spiro atoms. The van der Waals surface area contributed by atoms with E-state index < -0.39 is 0 Å². The van der Waals surface area contributed by atoms with Gasteiger partial charge in [-0.2, -0.15) is 0 Å². The zero-order valence-electron chi connectivity index (χ0n) is 17.3. The van der Waals surface area contributed by atoms with E-state index in [9.17, 15) is 4.79 Å². The zero-order valence-corrected chi connectivity index (χ0v) is 17.3. The predicted molar refractivity (Wildman–Crippen MR) is 115 cm³/mol. The first kappa shape index (κ1) is 19.1. The van der Waals surface area contributed by atoms with E-state index in [2.05, 4.69) is 39.7 Å². The number of ether oxygens (including phenoxy) is 1. The van der Waals surface area contributed by atoms with Gasteiger partial charge in [-0.25, -0.2) is 9.97 Å². The number of benzene rings is 1. The average molecular weight is 406 g/mol. The smallest absolute Gasteiger partial charge is 0.260 e. The molecule has 156 valence electrons. The lowest BCUT2D eigenvalue weighted by molar-refractivity contribution is 0.0853. The number of aryl methyl sites for hydroxylation is 1. The molecular weight excluding hydrogens is 380 g/mol. The Morgan fingerprint density at radius 2 is 1.87 bits per heavy atom. The van der Waals surface area contributed by atoms with Gasteiger partial charge in [-0.3, -0.25) is 4.79 Å². The monoisotopic (exact) mass is 406 g/mol. The fourth-order valence-corrected chi connectivity index (χ4v) is 4.07. The third kappa shape index (κ3) is 3.65. The Balaban J connectivity index is 1.40. The van der Waals surface area contributed by atoms with Crippen LogP contribution in [0.25, 0.3) is 11.1 Å². The number of nitrogens with one attached hydrogen (secondary N) is 2. The maximum Gasteiger partial charge on any atom is 0.260 e. The van der Waals surface area contributed by atoms with Crippen molar-refractivity contribution in [3.05, 3.63) is 47.5 Å². The number of carbonyl (C=O) groups excluding carboxylic acids is 1. The molecule has 0 radical (unpaired) electrons. The van der Waals surface area contributed by atoms with Crippen LogP contribution in [0.15, 0.2) is 35.0 Å². The van der Waals surface area contributed by atoms with Crippen LogP contribution in [0, 0.1) is 6.92 Å². The van der Waals surface area contributed by atoms with Crippen LogP contribution in [0.3, 0.4) is 0 Å². The number of hydrogen-bond donors (Lipinski definition) is 2. The van der Waals surface area contributed by atoms with Crippen molar-refractivity contribution in [2.45, 2.75) is 51.0 Å². The Bertz CT molecular complexity index is 1080. The number of aromatic nitrogens is 2. The van der Waals surface area contributed by atoms with Gasteiger partial charge in [-0.05, 0) is 63.1 Å². The number of anilines is 2. The summed E-state index contributed by atoms with van der Waals surface area (Å²) < 4.78 is 11.2. The molecule has 1 aromatic carbocycles. The Morgan fingerprint density at radius 1 is 1.13 bits per heavy atom. The fourth-order valence-electron chi connectivity index (χ4n) is 4.07. The molecule has 1 saturated heterocycles. The first-order valence-electron chi connectivity index (χ1n) is 10.5. The van der Waals surface area contributed by atoms with Crippen LogP contribution < -0.4 is 10.6 Å². The van der Waals surface area contributed by atoms with Crippen molar-refractivity contribution in [2.24, 2.45) is 0 Å². The van der Waals surface area contributed by atoms with E-state index in [1.54, 1.807) is 6.92 Å². The van der Waals surface area contributed by atoms with E-state index in [1.165, 1.54) is 11.9 Å². The van der Waals surface area contributed by atoms with E-state index in [0.717, 1.165) is 44.6 Å². The Labute approximate surface area is 175 Å². The summed E-state index contributed by atoms with van der Waals surface area (Å²) in [6.45, 7) is 5.56. The summed E-state index contributed by atoms with van der Waals surface area (Å²) in [5.41, 5.74) is 2.98. The van der Waals surface area contributed by atoms with Crippen LogP contribution in [0.5, 0.6) is 0 Å². The molecular formula is C23H26N4O3. The predicted octanol–water partition coefficient (Wildman–Crippen LogP) is 4.64. The SMILES string of the molecule is Cc1oc2ncnc(NC3(C)CC3)c2c1C(=O)Nc1ccc(C2CCOCC2)cc1. The minimum absolute atomic E-state index is 0.0280. The molecule has 1 amide bonds. The van der Waals surface area contributed by atoms with Crippen molar-refractivity contribution < 1.29 is 13.9 Å². The lowest BCUT2D eigenvalue weighted by Crippen LogP contribution is -2.18. The molecule has 0 atom stereocenters. The van der Waals surface area contributed by atoms with E-state index in [-0.39, 0.29) is 11.4 Å². The fraction of sp³-hybridized carbons (Fsp3) is 0.435. The Hall–Kier alpha value is -2.93. The molecule has 0 bridgehead atoms. The van der Waals surface area contributed by atoms with Gasteiger partial charge in [-0.15, -0.1) is 0 Å². The molecule has 2 aliphatic rings. The Morgan fingerprint density at radius 3 is 2.57 bits per heavy atom. The molecule has 7 heteroatoms.